The van der Waals surface area contributed by atoms with Crippen molar-refractivity contribution in [1.82, 2.24) is 25.0 Å². The average Bonchev–Trinajstić information content (AvgIpc) is 3.22. The maximum absolute atomic E-state index is 12.4. The number of amides is 1. The van der Waals surface area contributed by atoms with E-state index in [1.54, 1.807) is 7.11 Å². The van der Waals surface area contributed by atoms with E-state index in [0.717, 1.165) is 44.2 Å². The van der Waals surface area contributed by atoms with E-state index in [1.807, 2.05) is 30.5 Å². The Labute approximate surface area is 159 Å². The SMILES string of the molecule is COc1ccc(CN2C[C@H]3Cc4nnc(C(=O)NC(C)C)n4C[C@@H]3C2)cc1. The Morgan fingerprint density at radius 2 is 1.93 bits per heavy atom. The van der Waals surface area contributed by atoms with Gasteiger partial charge in [0.2, 0.25) is 5.82 Å². The van der Waals surface area contributed by atoms with Crippen LogP contribution in [0.2, 0.25) is 0 Å². The van der Waals surface area contributed by atoms with Crippen molar-refractivity contribution in [3.63, 3.8) is 0 Å². The molecule has 2 aliphatic rings. The van der Waals surface area contributed by atoms with E-state index in [-0.39, 0.29) is 11.9 Å². The molecule has 2 aromatic rings. The van der Waals surface area contributed by atoms with E-state index < -0.39 is 0 Å². The number of ether oxygens (including phenoxy) is 1. The molecular weight excluding hydrogens is 342 g/mol. The highest BCUT2D eigenvalue weighted by Crippen LogP contribution is 2.33. The number of benzene rings is 1. The molecule has 1 aromatic carbocycles. The van der Waals surface area contributed by atoms with Crippen molar-refractivity contribution in [3.05, 3.63) is 41.5 Å². The van der Waals surface area contributed by atoms with Gasteiger partial charge in [-0.2, -0.15) is 0 Å². The van der Waals surface area contributed by atoms with Crippen molar-refractivity contribution in [3.8, 4) is 5.75 Å². The lowest BCUT2D eigenvalue weighted by Gasteiger charge is -2.25. The van der Waals surface area contributed by atoms with Crippen LogP contribution in [0, 0.1) is 11.8 Å². The van der Waals surface area contributed by atoms with E-state index in [2.05, 4.69) is 32.5 Å². The first-order valence-corrected chi connectivity index (χ1v) is 9.61. The molecule has 0 bridgehead atoms. The van der Waals surface area contributed by atoms with Gasteiger partial charge < -0.3 is 14.6 Å². The summed E-state index contributed by atoms with van der Waals surface area (Å²) in [5.41, 5.74) is 1.30. The van der Waals surface area contributed by atoms with Crippen LogP contribution in [-0.2, 0) is 19.5 Å². The van der Waals surface area contributed by atoms with Gasteiger partial charge >= 0.3 is 0 Å². The van der Waals surface area contributed by atoms with E-state index in [0.29, 0.717) is 17.7 Å². The second-order valence-corrected chi connectivity index (χ2v) is 7.95. The number of methoxy groups -OCH3 is 1. The van der Waals surface area contributed by atoms with Gasteiger partial charge in [-0.05, 0) is 43.4 Å². The number of hydrogen-bond acceptors (Lipinski definition) is 5. The van der Waals surface area contributed by atoms with Gasteiger partial charge in [-0.1, -0.05) is 12.1 Å². The molecule has 7 heteroatoms. The minimum absolute atomic E-state index is 0.0910. The van der Waals surface area contributed by atoms with Crippen LogP contribution < -0.4 is 10.1 Å². The third-order valence-corrected chi connectivity index (χ3v) is 5.53. The zero-order valence-corrected chi connectivity index (χ0v) is 16.2. The van der Waals surface area contributed by atoms with Crippen molar-refractivity contribution in [1.29, 1.82) is 0 Å². The van der Waals surface area contributed by atoms with Gasteiger partial charge in [0, 0.05) is 38.6 Å². The van der Waals surface area contributed by atoms with Crippen LogP contribution in [0.4, 0.5) is 0 Å². The number of nitrogens with one attached hydrogen (secondary N) is 1. The second-order valence-electron chi connectivity index (χ2n) is 7.95. The normalized spacial score (nSPS) is 21.8. The van der Waals surface area contributed by atoms with Crippen molar-refractivity contribution in [2.24, 2.45) is 11.8 Å². The van der Waals surface area contributed by atoms with Crippen LogP contribution in [0.3, 0.4) is 0 Å². The molecule has 2 aliphatic heterocycles. The third-order valence-electron chi connectivity index (χ3n) is 5.53. The fourth-order valence-electron chi connectivity index (χ4n) is 4.23. The zero-order chi connectivity index (χ0) is 19.0. The van der Waals surface area contributed by atoms with Gasteiger partial charge in [-0.25, -0.2) is 0 Å². The summed E-state index contributed by atoms with van der Waals surface area (Å²) in [6, 6.07) is 8.38. The minimum atomic E-state index is -0.129. The predicted octanol–water partition coefficient (Wildman–Crippen LogP) is 1.73. The number of aromatic nitrogens is 3. The van der Waals surface area contributed by atoms with Crippen LogP contribution in [0.1, 0.15) is 35.9 Å². The second kappa shape index (κ2) is 7.31. The molecular formula is C20H27N5O2. The highest BCUT2D eigenvalue weighted by Gasteiger charge is 2.39. The summed E-state index contributed by atoms with van der Waals surface area (Å²) in [5, 5.41) is 11.4. The molecule has 2 atom stereocenters. The Kier molecular flexibility index (Phi) is 4.86. The standard InChI is InChI=1S/C20H27N5O2/c1-13(2)21-20(26)19-23-22-18-8-15-10-24(11-16(15)12-25(18)19)9-14-4-6-17(27-3)7-5-14/h4-7,13,15-16H,8-12H2,1-3H3,(H,21,26)/t15-,16+/m1/s1. The molecule has 27 heavy (non-hydrogen) atoms. The number of carbonyl (C=O) groups excluding carboxylic acids is 1. The van der Waals surface area contributed by atoms with Gasteiger partial charge in [0.05, 0.1) is 7.11 Å². The predicted molar refractivity (Wildman–Crippen MR) is 102 cm³/mol. The first-order valence-electron chi connectivity index (χ1n) is 9.61. The van der Waals surface area contributed by atoms with Gasteiger partial charge in [-0.15, -0.1) is 10.2 Å². The first-order chi connectivity index (χ1) is 13.0. The summed E-state index contributed by atoms with van der Waals surface area (Å²) in [6.07, 6.45) is 0.895. The fraction of sp³-hybridized carbons (Fsp3) is 0.550. The first kappa shape index (κ1) is 18.0. The third kappa shape index (κ3) is 3.69. The number of fused-ring (bicyclic) bond motifs is 2. The molecule has 0 unspecified atom stereocenters. The van der Waals surface area contributed by atoms with Gasteiger partial charge in [0.25, 0.3) is 5.91 Å². The molecule has 1 N–H and O–H groups in total. The van der Waals surface area contributed by atoms with Gasteiger partial charge in [-0.3, -0.25) is 9.69 Å². The van der Waals surface area contributed by atoms with Crippen LogP contribution in [-0.4, -0.2) is 51.8 Å². The smallest absolute Gasteiger partial charge is 0.289 e. The lowest BCUT2D eigenvalue weighted by atomic mass is 9.89. The molecule has 1 saturated heterocycles. The van der Waals surface area contributed by atoms with Crippen LogP contribution in [0.25, 0.3) is 0 Å². The molecule has 4 rings (SSSR count). The number of carbonyl (C=O) groups is 1. The highest BCUT2D eigenvalue weighted by atomic mass is 16.5. The molecule has 144 valence electrons. The van der Waals surface area contributed by atoms with Crippen molar-refractivity contribution < 1.29 is 9.53 Å². The van der Waals surface area contributed by atoms with Crippen LogP contribution in [0.5, 0.6) is 5.75 Å². The molecule has 0 spiro atoms. The average molecular weight is 369 g/mol. The molecule has 0 saturated carbocycles. The summed E-state index contributed by atoms with van der Waals surface area (Å²) in [6.45, 7) is 7.78. The number of hydrogen-bond donors (Lipinski definition) is 1. The van der Waals surface area contributed by atoms with E-state index >= 15 is 0 Å². The van der Waals surface area contributed by atoms with Gasteiger partial charge in [0.15, 0.2) is 0 Å². The van der Waals surface area contributed by atoms with Crippen LogP contribution >= 0.6 is 0 Å². The molecule has 7 nitrogen and oxygen atoms in total. The highest BCUT2D eigenvalue weighted by molar-refractivity contribution is 5.90. The lowest BCUT2D eigenvalue weighted by Crippen LogP contribution is -2.35. The van der Waals surface area contributed by atoms with Crippen LogP contribution in [0.15, 0.2) is 24.3 Å². The zero-order valence-electron chi connectivity index (χ0n) is 16.2. The van der Waals surface area contributed by atoms with Crippen molar-refractivity contribution >= 4 is 5.91 Å². The largest absolute Gasteiger partial charge is 0.497 e. The molecule has 0 aliphatic carbocycles. The van der Waals surface area contributed by atoms with Crippen molar-refractivity contribution in [2.75, 3.05) is 20.2 Å². The Hall–Kier alpha value is -2.41. The quantitative estimate of drug-likeness (QED) is 0.869. The van der Waals surface area contributed by atoms with Gasteiger partial charge in [0.1, 0.15) is 11.6 Å². The Morgan fingerprint density at radius 3 is 2.63 bits per heavy atom. The Bertz CT molecular complexity index is 814. The Balaban J connectivity index is 1.42. The summed E-state index contributed by atoms with van der Waals surface area (Å²) < 4.78 is 7.26. The molecule has 1 amide bonds. The van der Waals surface area contributed by atoms with E-state index in [9.17, 15) is 4.79 Å². The number of rotatable bonds is 5. The fourth-order valence-corrected chi connectivity index (χ4v) is 4.23. The summed E-state index contributed by atoms with van der Waals surface area (Å²) >= 11 is 0. The minimum Gasteiger partial charge on any atom is -0.497 e. The summed E-state index contributed by atoms with van der Waals surface area (Å²) in [5.74, 6) is 3.27. The number of nitrogens with zero attached hydrogens (tertiary/aromatic N) is 4. The molecule has 1 aromatic heterocycles. The van der Waals surface area contributed by atoms with E-state index in [1.165, 1.54) is 5.56 Å². The molecule has 0 radical (unpaired) electrons. The number of likely N-dealkylation sites (tertiary alicyclic amines) is 1. The molecule has 3 heterocycles. The maximum atomic E-state index is 12.4. The monoisotopic (exact) mass is 369 g/mol. The van der Waals surface area contributed by atoms with E-state index in [4.69, 9.17) is 4.74 Å². The maximum Gasteiger partial charge on any atom is 0.289 e. The molecule has 1 fully saturated rings. The Morgan fingerprint density at radius 1 is 1.19 bits per heavy atom. The topological polar surface area (TPSA) is 72.3 Å². The lowest BCUT2D eigenvalue weighted by molar-refractivity contribution is 0.0924. The summed E-state index contributed by atoms with van der Waals surface area (Å²) in [4.78, 5) is 14.9. The van der Waals surface area contributed by atoms with Crippen molar-refractivity contribution in [2.45, 2.75) is 39.4 Å². The summed E-state index contributed by atoms with van der Waals surface area (Å²) in [7, 11) is 1.69.